The molecule has 0 bridgehead atoms. The highest BCUT2D eigenvalue weighted by atomic mass is 32.1. The van der Waals surface area contributed by atoms with Crippen LogP contribution in [0.4, 0.5) is 5.69 Å². The Bertz CT molecular complexity index is 820. The van der Waals surface area contributed by atoms with Crippen molar-refractivity contribution in [1.29, 1.82) is 0 Å². The van der Waals surface area contributed by atoms with Gasteiger partial charge in [-0.15, -0.1) is 0 Å². The first-order valence-electron chi connectivity index (χ1n) is 8.52. The number of aromatic amines is 1. The van der Waals surface area contributed by atoms with E-state index in [2.05, 4.69) is 15.6 Å². The molecule has 1 aromatic carbocycles. The molecule has 1 heterocycles. The summed E-state index contributed by atoms with van der Waals surface area (Å²) in [6, 6.07) is 6.83. The average molecular weight is 358 g/mol. The van der Waals surface area contributed by atoms with Crippen molar-refractivity contribution < 1.29 is 9.59 Å². The molecule has 1 aliphatic carbocycles. The molecule has 7 heteroatoms. The normalized spacial score (nSPS) is 15.7. The molecule has 2 aromatic rings. The summed E-state index contributed by atoms with van der Waals surface area (Å²) in [6.45, 7) is 1.70. The molecule has 1 fully saturated rings. The lowest BCUT2D eigenvalue weighted by atomic mass is 10.1. The van der Waals surface area contributed by atoms with Crippen molar-refractivity contribution in [3.05, 3.63) is 41.4 Å². The summed E-state index contributed by atoms with van der Waals surface area (Å²) in [4.78, 5) is 27.5. The maximum Gasteiger partial charge on any atom is 0.246 e. The minimum absolute atomic E-state index is 0.0208. The summed E-state index contributed by atoms with van der Waals surface area (Å²) < 4.78 is 2.40. The van der Waals surface area contributed by atoms with Crippen LogP contribution in [0, 0.1) is 10.7 Å². The highest BCUT2D eigenvalue weighted by Gasteiger charge is 2.25. The monoisotopic (exact) mass is 358 g/mol. The van der Waals surface area contributed by atoms with Crippen LogP contribution in [0.3, 0.4) is 0 Å². The maximum absolute atomic E-state index is 12.4. The molecule has 0 spiro atoms. The third kappa shape index (κ3) is 4.17. The molecule has 1 aromatic heterocycles. The first kappa shape index (κ1) is 17.4. The number of rotatable bonds is 5. The Labute approximate surface area is 151 Å². The number of imidazole rings is 1. The molecule has 2 amide bonds. The molecule has 3 rings (SSSR count). The highest BCUT2D eigenvalue weighted by molar-refractivity contribution is 7.71. The fraction of sp³-hybridized carbons (Fsp3) is 0.389. The van der Waals surface area contributed by atoms with Gasteiger partial charge < -0.3 is 15.6 Å². The molecule has 1 aliphatic rings. The Morgan fingerprint density at radius 3 is 2.76 bits per heavy atom. The minimum atomic E-state index is -0.578. The Hall–Kier alpha value is -2.41. The fourth-order valence-corrected chi connectivity index (χ4v) is 3.33. The zero-order chi connectivity index (χ0) is 17.8. The zero-order valence-electron chi connectivity index (χ0n) is 14.1. The van der Waals surface area contributed by atoms with Gasteiger partial charge in [-0.1, -0.05) is 18.9 Å². The highest BCUT2D eigenvalue weighted by Crippen LogP contribution is 2.24. The first-order chi connectivity index (χ1) is 12.0. The van der Waals surface area contributed by atoms with Gasteiger partial charge in [-0.05, 0) is 50.2 Å². The SMILES string of the molecule is C[C@@H](NC(=O)C1CCCC1)C(=O)Nc1cccc(-n2cc[nH]c2=S)c1. The molecule has 1 atom stereocenters. The van der Waals surface area contributed by atoms with Crippen molar-refractivity contribution in [2.24, 2.45) is 5.92 Å². The Morgan fingerprint density at radius 2 is 2.08 bits per heavy atom. The van der Waals surface area contributed by atoms with E-state index in [-0.39, 0.29) is 17.7 Å². The number of hydrogen-bond acceptors (Lipinski definition) is 3. The summed E-state index contributed by atoms with van der Waals surface area (Å²) >= 11 is 5.21. The molecular weight excluding hydrogens is 336 g/mol. The van der Waals surface area contributed by atoms with Gasteiger partial charge in [0.2, 0.25) is 11.8 Å². The van der Waals surface area contributed by atoms with E-state index in [1.165, 1.54) is 0 Å². The smallest absolute Gasteiger partial charge is 0.246 e. The Kier molecular flexibility index (Phi) is 5.33. The van der Waals surface area contributed by atoms with E-state index in [1.807, 2.05) is 35.0 Å². The van der Waals surface area contributed by atoms with Crippen LogP contribution in [0.1, 0.15) is 32.6 Å². The molecule has 25 heavy (non-hydrogen) atoms. The van der Waals surface area contributed by atoms with Gasteiger partial charge in [-0.25, -0.2) is 0 Å². The van der Waals surface area contributed by atoms with Gasteiger partial charge in [-0.3, -0.25) is 14.2 Å². The van der Waals surface area contributed by atoms with Crippen LogP contribution < -0.4 is 10.6 Å². The first-order valence-corrected chi connectivity index (χ1v) is 8.93. The number of anilines is 1. The number of hydrogen-bond donors (Lipinski definition) is 3. The molecule has 3 N–H and O–H groups in total. The molecule has 6 nitrogen and oxygen atoms in total. The Morgan fingerprint density at radius 1 is 1.32 bits per heavy atom. The summed E-state index contributed by atoms with van der Waals surface area (Å²) in [5.74, 6) is -0.206. The quantitative estimate of drug-likeness (QED) is 0.718. The van der Waals surface area contributed by atoms with Crippen LogP contribution >= 0.6 is 12.2 Å². The number of carbonyl (C=O) groups excluding carboxylic acids is 2. The van der Waals surface area contributed by atoms with E-state index in [0.29, 0.717) is 10.5 Å². The summed E-state index contributed by atoms with van der Waals surface area (Å²) in [5, 5.41) is 5.66. The van der Waals surface area contributed by atoms with Crippen LogP contribution in [-0.4, -0.2) is 27.4 Å². The van der Waals surface area contributed by atoms with Crippen LogP contribution in [0.15, 0.2) is 36.7 Å². The molecule has 132 valence electrons. The Balaban J connectivity index is 1.63. The van der Waals surface area contributed by atoms with E-state index >= 15 is 0 Å². The third-order valence-corrected chi connectivity index (χ3v) is 4.83. The predicted octanol–water partition coefficient (Wildman–Crippen LogP) is 3.17. The van der Waals surface area contributed by atoms with Crippen molar-refractivity contribution in [3.63, 3.8) is 0 Å². The van der Waals surface area contributed by atoms with Gasteiger partial charge in [-0.2, -0.15) is 0 Å². The number of nitrogens with zero attached hydrogens (tertiary/aromatic N) is 1. The summed E-state index contributed by atoms with van der Waals surface area (Å²) in [7, 11) is 0. The number of amides is 2. The lowest BCUT2D eigenvalue weighted by Crippen LogP contribution is -2.43. The molecule has 0 radical (unpaired) electrons. The van der Waals surface area contributed by atoms with E-state index < -0.39 is 6.04 Å². The second-order valence-electron chi connectivity index (χ2n) is 6.39. The molecule has 0 unspecified atom stereocenters. The van der Waals surface area contributed by atoms with Gasteiger partial charge in [0.05, 0.1) is 0 Å². The zero-order valence-corrected chi connectivity index (χ0v) is 14.9. The van der Waals surface area contributed by atoms with Crippen LogP contribution in [-0.2, 0) is 9.59 Å². The van der Waals surface area contributed by atoms with E-state index in [0.717, 1.165) is 31.4 Å². The van der Waals surface area contributed by atoms with Gasteiger partial charge >= 0.3 is 0 Å². The predicted molar refractivity (Wildman–Crippen MR) is 99.1 cm³/mol. The number of nitrogens with one attached hydrogen (secondary N) is 3. The fourth-order valence-electron chi connectivity index (χ4n) is 3.09. The van der Waals surface area contributed by atoms with Crippen molar-refractivity contribution in [3.8, 4) is 5.69 Å². The van der Waals surface area contributed by atoms with E-state index in [4.69, 9.17) is 12.2 Å². The lowest BCUT2D eigenvalue weighted by molar-refractivity contribution is -0.128. The van der Waals surface area contributed by atoms with Crippen LogP contribution in [0.2, 0.25) is 0 Å². The number of carbonyl (C=O) groups is 2. The van der Waals surface area contributed by atoms with Gasteiger partial charge in [0.15, 0.2) is 4.77 Å². The number of aromatic nitrogens is 2. The van der Waals surface area contributed by atoms with Crippen molar-refractivity contribution in [1.82, 2.24) is 14.9 Å². The lowest BCUT2D eigenvalue weighted by Gasteiger charge is -2.17. The molecule has 0 aliphatic heterocycles. The van der Waals surface area contributed by atoms with Crippen LogP contribution in [0.5, 0.6) is 0 Å². The van der Waals surface area contributed by atoms with Crippen molar-refractivity contribution in [2.45, 2.75) is 38.6 Å². The van der Waals surface area contributed by atoms with Gasteiger partial charge in [0.25, 0.3) is 0 Å². The van der Waals surface area contributed by atoms with Crippen molar-refractivity contribution >= 4 is 29.7 Å². The summed E-state index contributed by atoms with van der Waals surface area (Å²) in [5.41, 5.74) is 1.51. The molecule has 0 saturated heterocycles. The van der Waals surface area contributed by atoms with Gasteiger partial charge in [0.1, 0.15) is 6.04 Å². The minimum Gasteiger partial charge on any atom is -0.344 e. The summed E-state index contributed by atoms with van der Waals surface area (Å²) in [6.07, 6.45) is 7.60. The maximum atomic E-state index is 12.4. The van der Waals surface area contributed by atoms with Crippen LogP contribution in [0.25, 0.3) is 5.69 Å². The third-order valence-electron chi connectivity index (χ3n) is 4.52. The van der Waals surface area contributed by atoms with Gasteiger partial charge in [0, 0.05) is 29.7 Å². The molecule has 1 saturated carbocycles. The molecular formula is C18H22N4O2S. The standard InChI is InChI=1S/C18H22N4O2S/c1-12(20-17(24)13-5-2-3-6-13)16(23)21-14-7-4-8-15(11-14)22-10-9-19-18(22)25/h4,7-13H,2-3,5-6H2,1H3,(H,19,25)(H,20,24)(H,21,23)/t12-/m1/s1. The average Bonchev–Trinajstić information content (AvgIpc) is 3.26. The number of benzene rings is 1. The van der Waals surface area contributed by atoms with E-state index in [1.54, 1.807) is 13.1 Å². The largest absolute Gasteiger partial charge is 0.344 e. The second kappa shape index (κ2) is 7.65. The van der Waals surface area contributed by atoms with Crippen molar-refractivity contribution in [2.75, 3.05) is 5.32 Å². The second-order valence-corrected chi connectivity index (χ2v) is 6.77. The topological polar surface area (TPSA) is 78.9 Å². The number of H-pyrrole nitrogens is 1. The van der Waals surface area contributed by atoms with E-state index in [9.17, 15) is 9.59 Å².